The number of rotatable bonds is 5. The Balaban J connectivity index is 2.11. The molecule has 0 bridgehead atoms. The molecule has 0 spiro atoms. The van der Waals surface area contributed by atoms with Crippen LogP contribution in [0.25, 0.3) is 6.08 Å². The van der Waals surface area contributed by atoms with Crippen LogP contribution in [0.3, 0.4) is 0 Å². The molecule has 3 amide bonds. The van der Waals surface area contributed by atoms with Gasteiger partial charge in [0.2, 0.25) is 0 Å². The average Bonchev–Trinajstić information content (AvgIpc) is 2.59. The van der Waals surface area contributed by atoms with Crippen LogP contribution >= 0.6 is 22.6 Å². The number of benzene rings is 2. The number of nitrogens with zero attached hydrogens (tertiary/aromatic N) is 1. The van der Waals surface area contributed by atoms with Gasteiger partial charge in [-0.1, -0.05) is 18.2 Å². The predicted octanol–water partition coefficient (Wildman–Crippen LogP) is 3.11. The summed E-state index contributed by atoms with van der Waals surface area (Å²) in [6.45, 7) is 0.274. The first-order valence-corrected chi connectivity index (χ1v) is 8.36. The molecule has 0 heterocycles. The van der Waals surface area contributed by atoms with Crippen molar-refractivity contribution < 1.29 is 18.7 Å². The molecule has 26 heavy (non-hydrogen) atoms. The lowest BCUT2D eigenvalue weighted by Gasteiger charge is -2.09. The minimum absolute atomic E-state index is 0.250. The molecule has 2 aromatic carbocycles. The number of amides is 3. The summed E-state index contributed by atoms with van der Waals surface area (Å²) in [5, 5.41) is 10.9. The molecule has 6 nitrogen and oxygen atoms in total. The van der Waals surface area contributed by atoms with Crippen LogP contribution in [-0.2, 0) is 11.4 Å². The third-order valence-corrected chi connectivity index (χ3v) is 4.02. The van der Waals surface area contributed by atoms with Crippen LogP contribution in [-0.4, -0.2) is 11.9 Å². The smallest absolute Gasteiger partial charge is 0.319 e. The van der Waals surface area contributed by atoms with Gasteiger partial charge >= 0.3 is 6.03 Å². The molecule has 0 aliphatic heterocycles. The Morgan fingerprint density at radius 1 is 1.27 bits per heavy atom. The summed E-state index contributed by atoms with van der Waals surface area (Å²) >= 11 is 2.06. The summed E-state index contributed by atoms with van der Waals surface area (Å²) in [6, 6.07) is 11.7. The highest BCUT2D eigenvalue weighted by Crippen LogP contribution is 2.24. The number of nitrogens with one attached hydrogen (secondary N) is 1. The number of nitrogens with two attached hydrogens (primary N) is 1. The van der Waals surface area contributed by atoms with Crippen LogP contribution in [0.2, 0.25) is 0 Å². The lowest BCUT2D eigenvalue weighted by Crippen LogP contribution is -2.35. The fraction of sp³-hybridized carbons (Fsp3) is 0.0556. The number of hydrogen-bond acceptors (Lipinski definition) is 4. The van der Waals surface area contributed by atoms with E-state index in [0.717, 1.165) is 9.13 Å². The van der Waals surface area contributed by atoms with Crippen LogP contribution in [0.15, 0.2) is 48.0 Å². The Bertz CT molecular complexity index is 905. The van der Waals surface area contributed by atoms with Gasteiger partial charge in [0.25, 0.3) is 5.91 Å². The average molecular weight is 465 g/mol. The lowest BCUT2D eigenvalue weighted by atomic mass is 10.1. The topological polar surface area (TPSA) is 105 Å². The van der Waals surface area contributed by atoms with Gasteiger partial charge in [0.05, 0.1) is 3.57 Å². The summed E-state index contributed by atoms with van der Waals surface area (Å²) in [6.07, 6.45) is 1.34. The number of nitriles is 1. The van der Waals surface area contributed by atoms with E-state index < -0.39 is 11.9 Å². The van der Waals surface area contributed by atoms with Crippen molar-refractivity contribution in [2.24, 2.45) is 5.73 Å². The molecular weight excluding hydrogens is 452 g/mol. The molecule has 0 radical (unpaired) electrons. The molecule has 2 aromatic rings. The summed E-state index contributed by atoms with van der Waals surface area (Å²) in [4.78, 5) is 22.4. The molecule has 2 rings (SSSR count). The Morgan fingerprint density at radius 2 is 1.96 bits per heavy atom. The number of primary amides is 1. The molecule has 0 atom stereocenters. The van der Waals surface area contributed by atoms with Gasteiger partial charge in [-0.2, -0.15) is 5.26 Å². The SMILES string of the molecule is N#C/C(=C/c1ccc(OCc2ccc(F)cc2)c(I)c1)C(=O)NC(N)=O. The first-order valence-electron chi connectivity index (χ1n) is 7.28. The molecule has 0 aliphatic carbocycles. The van der Waals surface area contributed by atoms with Crippen molar-refractivity contribution in [1.82, 2.24) is 5.32 Å². The maximum Gasteiger partial charge on any atom is 0.319 e. The highest BCUT2D eigenvalue weighted by atomic mass is 127. The number of urea groups is 1. The zero-order valence-electron chi connectivity index (χ0n) is 13.3. The van der Waals surface area contributed by atoms with Crippen molar-refractivity contribution >= 4 is 40.6 Å². The highest BCUT2D eigenvalue weighted by Gasteiger charge is 2.11. The van der Waals surface area contributed by atoms with Crippen molar-refractivity contribution in [3.05, 3.63) is 68.6 Å². The van der Waals surface area contributed by atoms with Crippen molar-refractivity contribution in [1.29, 1.82) is 5.26 Å². The van der Waals surface area contributed by atoms with Gasteiger partial charge in [0.15, 0.2) is 0 Å². The summed E-state index contributed by atoms with van der Waals surface area (Å²) in [5.41, 5.74) is 6.02. The number of ether oxygens (including phenoxy) is 1. The number of imide groups is 1. The number of hydrogen-bond donors (Lipinski definition) is 2. The van der Waals surface area contributed by atoms with E-state index in [-0.39, 0.29) is 18.0 Å². The third-order valence-electron chi connectivity index (χ3n) is 3.18. The molecule has 8 heteroatoms. The third kappa shape index (κ3) is 5.56. The minimum Gasteiger partial charge on any atom is -0.488 e. The van der Waals surface area contributed by atoms with Gasteiger partial charge in [-0.3, -0.25) is 10.1 Å². The fourth-order valence-corrected chi connectivity index (χ4v) is 2.66. The monoisotopic (exact) mass is 465 g/mol. The first-order chi connectivity index (χ1) is 12.4. The van der Waals surface area contributed by atoms with Gasteiger partial charge in [0, 0.05) is 0 Å². The van der Waals surface area contributed by atoms with Crippen molar-refractivity contribution in [3.8, 4) is 11.8 Å². The lowest BCUT2D eigenvalue weighted by molar-refractivity contribution is -0.115. The normalized spacial score (nSPS) is 10.7. The van der Waals surface area contributed by atoms with Crippen molar-refractivity contribution in [2.75, 3.05) is 0 Å². The molecule has 0 aromatic heterocycles. The van der Waals surface area contributed by atoms with Crippen molar-refractivity contribution in [3.63, 3.8) is 0 Å². The second kappa shape index (κ2) is 8.96. The van der Waals surface area contributed by atoms with Crippen molar-refractivity contribution in [2.45, 2.75) is 6.61 Å². The van der Waals surface area contributed by atoms with E-state index in [1.54, 1.807) is 36.4 Å². The van der Waals surface area contributed by atoms with Crippen LogP contribution in [0.1, 0.15) is 11.1 Å². The van der Waals surface area contributed by atoms with Crippen LogP contribution < -0.4 is 15.8 Å². The van der Waals surface area contributed by atoms with Gasteiger partial charge in [-0.25, -0.2) is 9.18 Å². The quantitative estimate of drug-likeness (QED) is 0.402. The van der Waals surface area contributed by atoms with E-state index in [0.29, 0.717) is 11.3 Å². The minimum atomic E-state index is -1.03. The maximum absolute atomic E-state index is 12.9. The summed E-state index contributed by atoms with van der Waals surface area (Å²) in [5.74, 6) is -0.577. The second-order valence-corrected chi connectivity index (χ2v) is 6.26. The Kier molecular flexibility index (Phi) is 6.68. The number of carbonyl (C=O) groups is 2. The Morgan fingerprint density at radius 3 is 2.54 bits per heavy atom. The zero-order valence-corrected chi connectivity index (χ0v) is 15.5. The highest BCUT2D eigenvalue weighted by molar-refractivity contribution is 14.1. The van der Waals surface area contributed by atoms with E-state index in [9.17, 15) is 14.0 Å². The second-order valence-electron chi connectivity index (χ2n) is 5.09. The van der Waals surface area contributed by atoms with E-state index >= 15 is 0 Å². The molecule has 132 valence electrons. The molecule has 0 saturated carbocycles. The van der Waals surface area contributed by atoms with Gasteiger partial charge < -0.3 is 10.5 Å². The molecule has 0 aliphatic rings. The Hall–Kier alpha value is -2.93. The summed E-state index contributed by atoms with van der Waals surface area (Å²) in [7, 11) is 0. The Labute approximate surface area is 162 Å². The van der Waals surface area contributed by atoms with Crippen LogP contribution in [0.5, 0.6) is 5.75 Å². The van der Waals surface area contributed by atoms with E-state index in [1.807, 2.05) is 5.32 Å². The van der Waals surface area contributed by atoms with Gasteiger partial charge in [-0.05, 0) is 64.1 Å². The van der Waals surface area contributed by atoms with Crippen LogP contribution in [0, 0.1) is 20.7 Å². The molecule has 0 unspecified atom stereocenters. The van der Waals surface area contributed by atoms with Gasteiger partial charge in [0.1, 0.15) is 29.8 Å². The van der Waals surface area contributed by atoms with E-state index in [4.69, 9.17) is 15.7 Å². The molecule has 0 saturated heterocycles. The standard InChI is InChI=1S/C18H13FIN3O3/c19-14-4-1-11(2-5-14)10-26-16-6-3-12(8-15(16)20)7-13(9-21)17(24)23-18(22)25/h1-8H,10H2,(H3,22,23,24,25)/b13-7-. The predicted molar refractivity (Wildman–Crippen MR) is 101 cm³/mol. The molecular formula is C18H13FIN3O3. The molecule has 0 fully saturated rings. The fourth-order valence-electron chi connectivity index (χ4n) is 1.96. The number of halogens is 2. The largest absolute Gasteiger partial charge is 0.488 e. The van der Waals surface area contributed by atoms with E-state index in [1.165, 1.54) is 18.2 Å². The first kappa shape index (κ1) is 19.4. The van der Waals surface area contributed by atoms with Crippen LogP contribution in [0.4, 0.5) is 9.18 Å². The van der Waals surface area contributed by atoms with Gasteiger partial charge in [-0.15, -0.1) is 0 Å². The van der Waals surface area contributed by atoms with E-state index in [2.05, 4.69) is 22.6 Å². The maximum atomic E-state index is 12.9. The molecule has 3 N–H and O–H groups in total. The summed E-state index contributed by atoms with van der Waals surface area (Å²) < 4.78 is 19.3. The number of carbonyl (C=O) groups excluding carboxylic acids is 2. The zero-order chi connectivity index (χ0) is 19.1.